The highest BCUT2D eigenvalue weighted by molar-refractivity contribution is 5.85. The summed E-state index contributed by atoms with van der Waals surface area (Å²) in [5, 5.41) is 0. The summed E-state index contributed by atoms with van der Waals surface area (Å²) in [5.41, 5.74) is 0. The van der Waals surface area contributed by atoms with Gasteiger partial charge < -0.3 is 4.74 Å². The van der Waals surface area contributed by atoms with Gasteiger partial charge in [0.05, 0.1) is 19.6 Å². The van der Waals surface area contributed by atoms with Crippen LogP contribution in [0.1, 0.15) is 39.5 Å². The van der Waals surface area contributed by atoms with E-state index in [0.29, 0.717) is 38.4 Å². The summed E-state index contributed by atoms with van der Waals surface area (Å²) in [6.07, 6.45) is 1.73. The number of piperidine rings is 1. The largest absolute Gasteiger partial charge is 0.466 e. The van der Waals surface area contributed by atoms with Gasteiger partial charge in [-0.15, -0.1) is 0 Å². The first-order chi connectivity index (χ1) is 9.06. The summed E-state index contributed by atoms with van der Waals surface area (Å²) < 4.78 is 4.78. The van der Waals surface area contributed by atoms with Crippen molar-refractivity contribution in [3.05, 3.63) is 0 Å². The van der Waals surface area contributed by atoms with Crippen molar-refractivity contribution >= 4 is 17.5 Å². The van der Waals surface area contributed by atoms with Crippen LogP contribution >= 0.6 is 0 Å². The van der Waals surface area contributed by atoms with Gasteiger partial charge in [-0.05, 0) is 13.3 Å². The van der Waals surface area contributed by atoms with E-state index in [1.807, 2.05) is 11.8 Å². The fourth-order valence-electron chi connectivity index (χ4n) is 2.28. The zero-order valence-corrected chi connectivity index (χ0v) is 11.8. The number of likely N-dealkylation sites (tertiary alicyclic amines) is 1. The van der Waals surface area contributed by atoms with E-state index in [0.717, 1.165) is 6.42 Å². The zero-order chi connectivity index (χ0) is 14.3. The van der Waals surface area contributed by atoms with Crippen LogP contribution in [0, 0.1) is 5.92 Å². The van der Waals surface area contributed by atoms with Gasteiger partial charge in [-0.2, -0.15) is 0 Å². The van der Waals surface area contributed by atoms with Crippen LogP contribution in [0.15, 0.2) is 0 Å². The Labute approximate surface area is 114 Å². The van der Waals surface area contributed by atoms with Crippen LogP contribution < -0.4 is 0 Å². The molecule has 0 amide bonds. The Hall–Kier alpha value is -1.23. The molecule has 0 spiro atoms. The zero-order valence-electron chi connectivity index (χ0n) is 11.8. The molecule has 1 saturated heterocycles. The third-order valence-corrected chi connectivity index (χ3v) is 3.41. The number of hydrogen-bond acceptors (Lipinski definition) is 5. The van der Waals surface area contributed by atoms with E-state index in [-0.39, 0.29) is 30.5 Å². The van der Waals surface area contributed by atoms with Crippen molar-refractivity contribution < 1.29 is 19.1 Å². The topological polar surface area (TPSA) is 63.7 Å². The minimum Gasteiger partial charge on any atom is -0.466 e. The molecule has 0 aliphatic carbocycles. The molecule has 0 aromatic rings. The average molecular weight is 269 g/mol. The second-order valence-corrected chi connectivity index (χ2v) is 4.90. The number of carbonyl (C=O) groups is 3. The smallest absolute Gasteiger partial charge is 0.306 e. The maximum atomic E-state index is 11.8. The fraction of sp³-hybridized carbons (Fsp3) is 0.786. The lowest BCUT2D eigenvalue weighted by molar-refractivity contribution is -0.144. The Bertz CT molecular complexity index is 340. The standard InChI is InChI=1S/C14H23NO4/c1-3-11-9-15(8-7-13(11)17)10-12(16)5-6-14(18)19-4-2/h11H,3-10H2,1-2H3. The SMILES string of the molecule is CCOC(=O)CCC(=O)CN1CCC(=O)C(CC)C1. The second kappa shape index (κ2) is 8.04. The molecular weight excluding hydrogens is 246 g/mol. The average Bonchev–Trinajstić information content (AvgIpc) is 2.39. The minimum absolute atomic E-state index is 0.0391. The quantitative estimate of drug-likeness (QED) is 0.650. The first-order valence-corrected chi connectivity index (χ1v) is 6.99. The fourth-order valence-corrected chi connectivity index (χ4v) is 2.28. The molecule has 1 unspecified atom stereocenters. The number of rotatable bonds is 7. The van der Waals surface area contributed by atoms with E-state index < -0.39 is 0 Å². The highest BCUT2D eigenvalue weighted by Gasteiger charge is 2.26. The lowest BCUT2D eigenvalue weighted by Gasteiger charge is -2.30. The highest BCUT2D eigenvalue weighted by atomic mass is 16.5. The van der Waals surface area contributed by atoms with Crippen molar-refractivity contribution in [2.45, 2.75) is 39.5 Å². The molecule has 108 valence electrons. The lowest BCUT2D eigenvalue weighted by atomic mass is 9.94. The molecule has 1 fully saturated rings. The molecule has 0 aromatic heterocycles. The van der Waals surface area contributed by atoms with E-state index in [2.05, 4.69) is 0 Å². The van der Waals surface area contributed by atoms with E-state index >= 15 is 0 Å². The molecule has 1 aliphatic rings. The molecule has 0 aromatic carbocycles. The van der Waals surface area contributed by atoms with Crippen molar-refractivity contribution in [3.8, 4) is 0 Å². The van der Waals surface area contributed by atoms with Crippen molar-refractivity contribution in [1.82, 2.24) is 4.90 Å². The molecule has 0 radical (unpaired) electrons. The number of ether oxygens (including phenoxy) is 1. The van der Waals surface area contributed by atoms with Gasteiger partial charge >= 0.3 is 5.97 Å². The van der Waals surface area contributed by atoms with E-state index in [1.165, 1.54) is 0 Å². The van der Waals surface area contributed by atoms with E-state index in [9.17, 15) is 14.4 Å². The van der Waals surface area contributed by atoms with Gasteiger partial charge in [0.2, 0.25) is 0 Å². The highest BCUT2D eigenvalue weighted by Crippen LogP contribution is 2.16. The summed E-state index contributed by atoms with van der Waals surface area (Å²) in [6, 6.07) is 0. The van der Waals surface area contributed by atoms with Crippen LogP contribution in [0.5, 0.6) is 0 Å². The molecule has 1 aliphatic heterocycles. The Morgan fingerprint density at radius 1 is 1.32 bits per heavy atom. The van der Waals surface area contributed by atoms with Crippen molar-refractivity contribution in [1.29, 1.82) is 0 Å². The molecule has 1 rings (SSSR count). The molecule has 0 saturated carbocycles. The Morgan fingerprint density at radius 2 is 2.05 bits per heavy atom. The van der Waals surface area contributed by atoms with Crippen molar-refractivity contribution in [2.75, 3.05) is 26.2 Å². The maximum Gasteiger partial charge on any atom is 0.306 e. The molecule has 1 atom stereocenters. The monoisotopic (exact) mass is 269 g/mol. The third-order valence-electron chi connectivity index (χ3n) is 3.41. The number of hydrogen-bond donors (Lipinski definition) is 0. The predicted molar refractivity (Wildman–Crippen MR) is 70.7 cm³/mol. The number of Topliss-reactive ketones (excluding diaryl/α,β-unsaturated/α-hetero) is 2. The lowest BCUT2D eigenvalue weighted by Crippen LogP contribution is -2.43. The van der Waals surface area contributed by atoms with Gasteiger partial charge in [0, 0.05) is 31.8 Å². The van der Waals surface area contributed by atoms with Gasteiger partial charge in [-0.25, -0.2) is 0 Å². The molecule has 5 nitrogen and oxygen atoms in total. The summed E-state index contributed by atoms with van der Waals surface area (Å²) in [4.78, 5) is 36.5. The minimum atomic E-state index is -0.323. The van der Waals surface area contributed by atoms with Crippen LogP contribution in [-0.2, 0) is 19.1 Å². The predicted octanol–water partition coefficient (Wildman–Crippen LogP) is 1.20. The second-order valence-electron chi connectivity index (χ2n) is 4.90. The third kappa shape index (κ3) is 5.51. The Kier molecular flexibility index (Phi) is 6.70. The Morgan fingerprint density at radius 3 is 2.68 bits per heavy atom. The van der Waals surface area contributed by atoms with Crippen LogP contribution in [0.2, 0.25) is 0 Å². The van der Waals surface area contributed by atoms with Gasteiger partial charge in [0.15, 0.2) is 0 Å². The summed E-state index contributed by atoms with van der Waals surface area (Å²) in [6.45, 7) is 5.74. The summed E-state index contributed by atoms with van der Waals surface area (Å²) >= 11 is 0. The first kappa shape index (κ1) is 15.8. The summed E-state index contributed by atoms with van der Waals surface area (Å²) in [7, 11) is 0. The van der Waals surface area contributed by atoms with E-state index in [4.69, 9.17) is 4.74 Å². The van der Waals surface area contributed by atoms with Gasteiger partial charge in [-0.3, -0.25) is 19.3 Å². The molecular formula is C14H23NO4. The summed E-state index contributed by atoms with van der Waals surface area (Å²) in [5.74, 6) is 0.0812. The van der Waals surface area contributed by atoms with Crippen LogP contribution in [-0.4, -0.2) is 48.7 Å². The van der Waals surface area contributed by atoms with Crippen molar-refractivity contribution in [3.63, 3.8) is 0 Å². The van der Waals surface area contributed by atoms with Crippen molar-refractivity contribution in [2.24, 2.45) is 5.92 Å². The van der Waals surface area contributed by atoms with E-state index in [1.54, 1.807) is 6.92 Å². The van der Waals surface area contributed by atoms with Crippen LogP contribution in [0.25, 0.3) is 0 Å². The van der Waals surface area contributed by atoms with Crippen LogP contribution in [0.3, 0.4) is 0 Å². The molecule has 0 bridgehead atoms. The number of nitrogens with zero attached hydrogens (tertiary/aromatic N) is 1. The van der Waals surface area contributed by atoms with Gasteiger partial charge in [0.1, 0.15) is 11.6 Å². The number of esters is 1. The molecule has 1 heterocycles. The molecule has 0 N–H and O–H groups in total. The number of ketones is 2. The van der Waals surface area contributed by atoms with Gasteiger partial charge in [-0.1, -0.05) is 6.92 Å². The normalized spacial score (nSPS) is 20.3. The first-order valence-electron chi connectivity index (χ1n) is 6.99. The molecule has 5 heteroatoms. The maximum absolute atomic E-state index is 11.8. The number of carbonyl (C=O) groups excluding carboxylic acids is 3. The molecule has 19 heavy (non-hydrogen) atoms. The van der Waals surface area contributed by atoms with Crippen LogP contribution in [0.4, 0.5) is 0 Å². The van der Waals surface area contributed by atoms with Gasteiger partial charge in [0.25, 0.3) is 0 Å². The Balaban J connectivity index is 2.28.